The van der Waals surface area contributed by atoms with Gasteiger partial charge in [0.1, 0.15) is 6.26 Å². The number of hydrogen-bond acceptors (Lipinski definition) is 7. The summed E-state index contributed by atoms with van der Waals surface area (Å²) in [6.45, 7) is 1.29. The number of benzene rings is 1. The van der Waals surface area contributed by atoms with Gasteiger partial charge in [-0.05, 0) is 12.5 Å². The van der Waals surface area contributed by atoms with E-state index in [0.29, 0.717) is 12.5 Å². The minimum atomic E-state index is -0.435. The summed E-state index contributed by atoms with van der Waals surface area (Å²) in [6, 6.07) is 12.8. The second kappa shape index (κ2) is 8.14. The molecule has 1 N–H and O–H groups in total. The van der Waals surface area contributed by atoms with E-state index in [1.165, 1.54) is 7.11 Å². The molecule has 3 aromatic rings. The van der Waals surface area contributed by atoms with Gasteiger partial charge in [0.25, 0.3) is 5.91 Å². The van der Waals surface area contributed by atoms with Gasteiger partial charge >= 0.3 is 0 Å². The first kappa shape index (κ1) is 18.7. The molecule has 1 fully saturated rings. The Morgan fingerprint density at radius 2 is 2.10 bits per heavy atom. The summed E-state index contributed by atoms with van der Waals surface area (Å²) in [5.41, 5.74) is 1.47. The molecule has 0 radical (unpaired) electrons. The molecule has 8 heteroatoms. The van der Waals surface area contributed by atoms with E-state index < -0.39 is 11.3 Å². The number of carbonyl (C=O) groups is 1. The van der Waals surface area contributed by atoms with Crippen molar-refractivity contribution in [1.29, 1.82) is 0 Å². The van der Waals surface area contributed by atoms with Gasteiger partial charge in [0.15, 0.2) is 5.76 Å². The maximum Gasteiger partial charge on any atom is 0.287 e. The molecule has 1 atom stereocenters. The lowest BCUT2D eigenvalue weighted by Crippen LogP contribution is -2.37. The van der Waals surface area contributed by atoms with Crippen molar-refractivity contribution >= 4 is 11.9 Å². The van der Waals surface area contributed by atoms with Gasteiger partial charge in [-0.1, -0.05) is 30.3 Å². The zero-order valence-electron chi connectivity index (χ0n) is 15.9. The number of methoxy groups -OCH3 is 1. The van der Waals surface area contributed by atoms with Crippen LogP contribution in [0.2, 0.25) is 0 Å². The Balaban J connectivity index is 1.42. The predicted octanol–water partition coefficient (Wildman–Crippen LogP) is 2.11. The van der Waals surface area contributed by atoms with Gasteiger partial charge in [-0.15, -0.1) is 0 Å². The zero-order chi connectivity index (χ0) is 20.2. The van der Waals surface area contributed by atoms with Crippen LogP contribution >= 0.6 is 0 Å². The van der Waals surface area contributed by atoms with Crippen LogP contribution in [0, 0.1) is 0 Å². The molecule has 1 aliphatic rings. The van der Waals surface area contributed by atoms with E-state index in [2.05, 4.69) is 15.3 Å². The summed E-state index contributed by atoms with van der Waals surface area (Å²) in [6.07, 6.45) is 3.62. The van der Waals surface area contributed by atoms with Gasteiger partial charge < -0.3 is 19.4 Å². The summed E-state index contributed by atoms with van der Waals surface area (Å²) >= 11 is 0. The maximum atomic E-state index is 12.4. The molecule has 8 nitrogen and oxygen atoms in total. The summed E-state index contributed by atoms with van der Waals surface area (Å²) < 4.78 is 10.1. The Kier molecular flexibility index (Phi) is 5.24. The van der Waals surface area contributed by atoms with Crippen molar-refractivity contribution in [2.45, 2.75) is 12.5 Å². The molecule has 3 heterocycles. The molecular weight excluding hydrogens is 372 g/mol. The van der Waals surface area contributed by atoms with Crippen molar-refractivity contribution in [3.05, 3.63) is 70.9 Å². The highest BCUT2D eigenvalue weighted by Gasteiger charge is 2.27. The van der Waals surface area contributed by atoms with Gasteiger partial charge in [-0.25, -0.2) is 9.97 Å². The van der Waals surface area contributed by atoms with E-state index in [1.54, 1.807) is 6.20 Å². The van der Waals surface area contributed by atoms with Crippen LogP contribution in [0.3, 0.4) is 0 Å². The number of amides is 1. The molecule has 29 heavy (non-hydrogen) atoms. The van der Waals surface area contributed by atoms with Crippen LogP contribution in [-0.2, 0) is 0 Å². The van der Waals surface area contributed by atoms with Crippen LogP contribution in [0.25, 0.3) is 11.3 Å². The SMILES string of the molecule is COc1coc(C(=O)NC2CCN(c3nccc(-c4ccccc4)n3)C2)cc1=O. The van der Waals surface area contributed by atoms with Crippen molar-refractivity contribution in [2.24, 2.45) is 0 Å². The number of carbonyl (C=O) groups excluding carboxylic acids is 1. The fraction of sp³-hybridized carbons (Fsp3) is 0.238. The third kappa shape index (κ3) is 4.11. The van der Waals surface area contributed by atoms with Crippen molar-refractivity contribution in [1.82, 2.24) is 15.3 Å². The Morgan fingerprint density at radius 1 is 1.28 bits per heavy atom. The van der Waals surface area contributed by atoms with Crippen molar-refractivity contribution in [3.63, 3.8) is 0 Å². The third-order valence-electron chi connectivity index (χ3n) is 4.76. The Bertz CT molecular complexity index is 1070. The van der Waals surface area contributed by atoms with E-state index in [0.717, 1.165) is 36.6 Å². The smallest absolute Gasteiger partial charge is 0.287 e. The van der Waals surface area contributed by atoms with E-state index in [1.807, 2.05) is 41.3 Å². The van der Waals surface area contributed by atoms with Gasteiger partial charge in [0.2, 0.25) is 17.1 Å². The molecule has 1 unspecified atom stereocenters. The number of nitrogens with one attached hydrogen (secondary N) is 1. The Labute approximate surface area is 167 Å². The largest absolute Gasteiger partial charge is 0.490 e. The van der Waals surface area contributed by atoms with Crippen LogP contribution in [0.15, 0.2) is 64.1 Å². The summed E-state index contributed by atoms with van der Waals surface area (Å²) in [7, 11) is 1.37. The molecule has 0 spiro atoms. The fourth-order valence-corrected chi connectivity index (χ4v) is 3.25. The lowest BCUT2D eigenvalue weighted by Gasteiger charge is -2.17. The summed E-state index contributed by atoms with van der Waals surface area (Å²) in [5, 5.41) is 2.90. The molecule has 148 valence electrons. The van der Waals surface area contributed by atoms with Crippen LogP contribution in [0.4, 0.5) is 5.95 Å². The fourth-order valence-electron chi connectivity index (χ4n) is 3.25. The number of nitrogens with zero attached hydrogens (tertiary/aromatic N) is 3. The topological polar surface area (TPSA) is 97.6 Å². The van der Waals surface area contributed by atoms with Crippen LogP contribution in [0.5, 0.6) is 5.75 Å². The van der Waals surface area contributed by atoms with E-state index in [9.17, 15) is 9.59 Å². The maximum absolute atomic E-state index is 12.4. The molecule has 2 aromatic heterocycles. The second-order valence-corrected chi connectivity index (χ2v) is 6.69. The summed E-state index contributed by atoms with van der Waals surface area (Å²) in [4.78, 5) is 35.3. The normalized spacial score (nSPS) is 15.9. The first-order valence-electron chi connectivity index (χ1n) is 9.25. The quantitative estimate of drug-likeness (QED) is 0.710. The van der Waals surface area contributed by atoms with E-state index in [4.69, 9.17) is 9.15 Å². The zero-order valence-corrected chi connectivity index (χ0v) is 15.9. The van der Waals surface area contributed by atoms with Gasteiger partial charge in [0.05, 0.1) is 12.8 Å². The molecule has 0 bridgehead atoms. The minimum absolute atomic E-state index is 0.0448. The summed E-state index contributed by atoms with van der Waals surface area (Å²) in [5.74, 6) is 0.204. The van der Waals surface area contributed by atoms with Crippen molar-refractivity contribution in [2.75, 3.05) is 25.1 Å². The first-order valence-corrected chi connectivity index (χ1v) is 9.25. The Morgan fingerprint density at radius 3 is 2.86 bits per heavy atom. The highest BCUT2D eigenvalue weighted by Crippen LogP contribution is 2.21. The molecule has 0 aliphatic carbocycles. The van der Waals surface area contributed by atoms with Crippen molar-refractivity contribution < 1.29 is 13.9 Å². The molecule has 1 aliphatic heterocycles. The third-order valence-corrected chi connectivity index (χ3v) is 4.76. The molecular formula is C21H20N4O4. The van der Waals surface area contributed by atoms with Crippen LogP contribution < -0.4 is 20.4 Å². The number of hydrogen-bond donors (Lipinski definition) is 1. The predicted molar refractivity (Wildman–Crippen MR) is 107 cm³/mol. The average molecular weight is 392 g/mol. The number of anilines is 1. The standard InChI is InChI=1S/C21H20N4O4/c1-28-19-13-29-18(11-17(19)26)20(27)23-15-8-10-25(12-15)21-22-9-7-16(24-21)14-5-3-2-4-6-14/h2-7,9,11,13,15H,8,10,12H2,1H3,(H,23,27). The average Bonchev–Trinajstić information content (AvgIpc) is 3.23. The molecule has 1 amide bonds. The van der Waals surface area contributed by atoms with Gasteiger partial charge in [0, 0.05) is 37.0 Å². The number of ether oxygens (including phenoxy) is 1. The Hall–Kier alpha value is -3.68. The first-order chi connectivity index (χ1) is 14.1. The lowest BCUT2D eigenvalue weighted by atomic mass is 10.1. The van der Waals surface area contributed by atoms with Crippen LogP contribution in [-0.4, -0.2) is 42.1 Å². The second-order valence-electron chi connectivity index (χ2n) is 6.69. The molecule has 0 saturated carbocycles. The molecule has 4 rings (SSSR count). The number of rotatable bonds is 5. The van der Waals surface area contributed by atoms with E-state index in [-0.39, 0.29) is 17.6 Å². The van der Waals surface area contributed by atoms with E-state index >= 15 is 0 Å². The highest BCUT2D eigenvalue weighted by molar-refractivity contribution is 5.91. The lowest BCUT2D eigenvalue weighted by molar-refractivity contribution is 0.0909. The highest BCUT2D eigenvalue weighted by atomic mass is 16.5. The van der Waals surface area contributed by atoms with Gasteiger partial charge in [-0.2, -0.15) is 0 Å². The monoisotopic (exact) mass is 392 g/mol. The van der Waals surface area contributed by atoms with Crippen LogP contribution in [0.1, 0.15) is 17.0 Å². The molecule has 1 saturated heterocycles. The van der Waals surface area contributed by atoms with Crippen molar-refractivity contribution in [3.8, 4) is 17.0 Å². The molecule has 1 aromatic carbocycles. The number of aromatic nitrogens is 2. The van der Waals surface area contributed by atoms with Gasteiger partial charge in [-0.3, -0.25) is 9.59 Å². The minimum Gasteiger partial charge on any atom is -0.490 e.